The smallest absolute Gasteiger partial charge is 0.348 e. The van der Waals surface area contributed by atoms with Crippen LogP contribution in [0.4, 0.5) is 5.82 Å². The Morgan fingerprint density at radius 2 is 2.05 bits per heavy atom. The van der Waals surface area contributed by atoms with Gasteiger partial charge in [-0.3, -0.25) is 0 Å². The first-order valence-electron chi connectivity index (χ1n) is 7.52. The molecule has 2 aromatic heterocycles. The van der Waals surface area contributed by atoms with E-state index in [1.165, 1.54) is 11.3 Å². The summed E-state index contributed by atoms with van der Waals surface area (Å²) in [4.78, 5) is 25.0. The van der Waals surface area contributed by atoms with Crippen LogP contribution in [0.2, 0.25) is 0 Å². The van der Waals surface area contributed by atoms with Crippen LogP contribution in [-0.2, 0) is 4.74 Å². The monoisotopic (exact) mass is 320 g/mol. The zero-order valence-electron chi connectivity index (χ0n) is 13.1. The van der Waals surface area contributed by atoms with Gasteiger partial charge in [-0.15, -0.1) is 11.3 Å². The Hall–Kier alpha value is -1.73. The van der Waals surface area contributed by atoms with Crippen LogP contribution in [0.15, 0.2) is 0 Å². The number of nitrogens with one attached hydrogen (secondary N) is 1. The molecular formula is C15H20N4O2S. The molecule has 0 atom stereocenters. The molecule has 6 nitrogen and oxygen atoms in total. The van der Waals surface area contributed by atoms with Crippen molar-refractivity contribution in [3.8, 4) is 0 Å². The number of aromatic nitrogens is 2. The molecule has 7 heteroatoms. The van der Waals surface area contributed by atoms with E-state index in [0.717, 1.165) is 53.6 Å². The SMILES string of the molecule is CCOC(=O)c1sc2nc(C)nc(N3CCNCC3)c2c1C. The average Bonchev–Trinajstić information content (AvgIpc) is 2.84. The van der Waals surface area contributed by atoms with Crippen molar-refractivity contribution < 1.29 is 9.53 Å². The van der Waals surface area contributed by atoms with E-state index < -0.39 is 0 Å². The lowest BCUT2D eigenvalue weighted by Crippen LogP contribution is -2.44. The molecule has 1 N–H and O–H groups in total. The fraction of sp³-hybridized carbons (Fsp3) is 0.533. The number of hydrogen-bond donors (Lipinski definition) is 1. The second-order valence-electron chi connectivity index (χ2n) is 5.29. The van der Waals surface area contributed by atoms with Gasteiger partial charge in [-0.2, -0.15) is 0 Å². The van der Waals surface area contributed by atoms with Gasteiger partial charge in [0.2, 0.25) is 0 Å². The molecule has 0 aliphatic carbocycles. The molecular weight excluding hydrogens is 300 g/mol. The van der Waals surface area contributed by atoms with Crippen molar-refractivity contribution in [1.29, 1.82) is 0 Å². The number of anilines is 1. The number of ether oxygens (including phenoxy) is 1. The van der Waals surface area contributed by atoms with Crippen LogP contribution in [0.5, 0.6) is 0 Å². The Balaban J connectivity index is 2.13. The van der Waals surface area contributed by atoms with Crippen molar-refractivity contribution in [2.45, 2.75) is 20.8 Å². The van der Waals surface area contributed by atoms with E-state index in [1.807, 2.05) is 20.8 Å². The maximum atomic E-state index is 12.1. The highest BCUT2D eigenvalue weighted by Crippen LogP contribution is 2.35. The topological polar surface area (TPSA) is 67.3 Å². The fourth-order valence-electron chi connectivity index (χ4n) is 2.72. The molecule has 0 aromatic carbocycles. The standard InChI is InChI=1S/C15H20N4O2S/c1-4-21-15(20)12-9(2)11-13(19-7-5-16-6-8-19)17-10(3)18-14(11)22-12/h16H,4-8H2,1-3H3. The molecule has 1 aliphatic heterocycles. The number of fused-ring (bicyclic) bond motifs is 1. The molecule has 3 heterocycles. The summed E-state index contributed by atoms with van der Waals surface area (Å²) in [5.74, 6) is 1.40. The zero-order chi connectivity index (χ0) is 15.7. The minimum absolute atomic E-state index is 0.271. The van der Waals surface area contributed by atoms with Gasteiger partial charge in [0.1, 0.15) is 21.3 Å². The molecule has 0 amide bonds. The summed E-state index contributed by atoms with van der Waals surface area (Å²) in [5, 5.41) is 4.33. The highest BCUT2D eigenvalue weighted by Gasteiger charge is 2.23. The molecule has 0 spiro atoms. The van der Waals surface area contributed by atoms with E-state index in [2.05, 4.69) is 20.2 Å². The molecule has 0 radical (unpaired) electrons. The van der Waals surface area contributed by atoms with Gasteiger partial charge in [0.15, 0.2) is 0 Å². The number of piperazine rings is 1. The van der Waals surface area contributed by atoms with Crippen LogP contribution >= 0.6 is 11.3 Å². The molecule has 3 rings (SSSR count). The molecule has 22 heavy (non-hydrogen) atoms. The minimum Gasteiger partial charge on any atom is -0.462 e. The number of carbonyl (C=O) groups excluding carboxylic acids is 1. The molecule has 0 unspecified atom stereocenters. The van der Waals surface area contributed by atoms with Gasteiger partial charge in [-0.05, 0) is 26.3 Å². The largest absolute Gasteiger partial charge is 0.462 e. The second-order valence-corrected chi connectivity index (χ2v) is 6.29. The molecule has 1 fully saturated rings. The summed E-state index contributed by atoms with van der Waals surface area (Å²) in [7, 11) is 0. The first-order valence-corrected chi connectivity index (χ1v) is 8.34. The van der Waals surface area contributed by atoms with Gasteiger partial charge in [0.25, 0.3) is 0 Å². The van der Waals surface area contributed by atoms with E-state index in [0.29, 0.717) is 11.5 Å². The van der Waals surface area contributed by atoms with Gasteiger partial charge in [0.05, 0.1) is 12.0 Å². The number of aryl methyl sites for hydroxylation is 2. The van der Waals surface area contributed by atoms with Crippen LogP contribution in [0, 0.1) is 13.8 Å². The Morgan fingerprint density at radius 1 is 1.32 bits per heavy atom. The van der Waals surface area contributed by atoms with Crippen LogP contribution in [0.1, 0.15) is 28.0 Å². The Morgan fingerprint density at radius 3 is 2.73 bits per heavy atom. The van der Waals surface area contributed by atoms with Crippen molar-refractivity contribution >= 4 is 33.3 Å². The van der Waals surface area contributed by atoms with Crippen LogP contribution in [-0.4, -0.2) is 48.7 Å². The molecule has 0 bridgehead atoms. The maximum Gasteiger partial charge on any atom is 0.348 e. The summed E-state index contributed by atoms with van der Waals surface area (Å²) in [5.41, 5.74) is 0.923. The van der Waals surface area contributed by atoms with Crippen molar-refractivity contribution in [3.05, 3.63) is 16.3 Å². The summed E-state index contributed by atoms with van der Waals surface area (Å²) in [6.45, 7) is 9.75. The summed E-state index contributed by atoms with van der Waals surface area (Å²) >= 11 is 1.40. The maximum absolute atomic E-state index is 12.1. The van der Waals surface area contributed by atoms with Crippen LogP contribution in [0.3, 0.4) is 0 Å². The van der Waals surface area contributed by atoms with Crippen LogP contribution < -0.4 is 10.2 Å². The Labute approximate surface area is 133 Å². The van der Waals surface area contributed by atoms with Crippen molar-refractivity contribution in [2.75, 3.05) is 37.7 Å². The molecule has 118 valence electrons. The normalized spacial score (nSPS) is 15.3. The third-order valence-electron chi connectivity index (χ3n) is 3.76. The lowest BCUT2D eigenvalue weighted by molar-refractivity contribution is 0.0531. The number of hydrogen-bond acceptors (Lipinski definition) is 7. The second kappa shape index (κ2) is 6.18. The minimum atomic E-state index is -0.271. The quantitative estimate of drug-likeness (QED) is 0.871. The third-order valence-corrected chi connectivity index (χ3v) is 4.93. The van der Waals surface area contributed by atoms with E-state index in [4.69, 9.17) is 4.74 Å². The number of esters is 1. The predicted molar refractivity (Wildman–Crippen MR) is 87.9 cm³/mol. The van der Waals surface area contributed by atoms with Crippen molar-refractivity contribution in [2.24, 2.45) is 0 Å². The van der Waals surface area contributed by atoms with E-state index in [-0.39, 0.29) is 5.97 Å². The summed E-state index contributed by atoms with van der Waals surface area (Å²) in [6, 6.07) is 0. The van der Waals surface area contributed by atoms with Gasteiger partial charge < -0.3 is 15.0 Å². The summed E-state index contributed by atoms with van der Waals surface area (Å²) < 4.78 is 5.15. The van der Waals surface area contributed by atoms with E-state index in [1.54, 1.807) is 0 Å². The Bertz CT molecular complexity index is 707. The number of rotatable bonds is 3. The first-order chi connectivity index (χ1) is 10.6. The highest BCUT2D eigenvalue weighted by atomic mass is 32.1. The van der Waals surface area contributed by atoms with Gasteiger partial charge in [0, 0.05) is 26.2 Å². The summed E-state index contributed by atoms with van der Waals surface area (Å²) in [6.07, 6.45) is 0. The van der Waals surface area contributed by atoms with Crippen molar-refractivity contribution in [3.63, 3.8) is 0 Å². The third kappa shape index (κ3) is 2.66. The van der Waals surface area contributed by atoms with Crippen LogP contribution in [0.25, 0.3) is 10.2 Å². The number of carbonyl (C=O) groups is 1. The lowest BCUT2D eigenvalue weighted by Gasteiger charge is -2.29. The Kier molecular flexibility index (Phi) is 4.26. The zero-order valence-corrected chi connectivity index (χ0v) is 13.9. The first kappa shape index (κ1) is 15.2. The van der Waals surface area contributed by atoms with Gasteiger partial charge in [-0.25, -0.2) is 14.8 Å². The van der Waals surface area contributed by atoms with Gasteiger partial charge >= 0.3 is 5.97 Å². The molecule has 2 aromatic rings. The van der Waals surface area contributed by atoms with E-state index in [9.17, 15) is 4.79 Å². The molecule has 0 saturated carbocycles. The van der Waals surface area contributed by atoms with E-state index >= 15 is 0 Å². The average molecular weight is 320 g/mol. The highest BCUT2D eigenvalue weighted by molar-refractivity contribution is 7.20. The number of thiophene rings is 1. The lowest BCUT2D eigenvalue weighted by atomic mass is 10.2. The van der Waals surface area contributed by atoms with Crippen molar-refractivity contribution in [1.82, 2.24) is 15.3 Å². The van der Waals surface area contributed by atoms with Gasteiger partial charge in [-0.1, -0.05) is 0 Å². The number of nitrogens with zero attached hydrogens (tertiary/aromatic N) is 3. The predicted octanol–water partition coefficient (Wildman–Crippen LogP) is 1.89. The molecule has 1 aliphatic rings. The fourth-order valence-corrected chi connectivity index (χ4v) is 3.83. The molecule has 1 saturated heterocycles.